The number of benzene rings is 3. The minimum Gasteiger partial charge on any atom is -0.497 e. The first-order valence-electron chi connectivity index (χ1n) is 10.2. The van der Waals surface area contributed by atoms with Crippen molar-refractivity contribution in [3.8, 4) is 11.5 Å². The van der Waals surface area contributed by atoms with Crippen molar-refractivity contribution in [3.05, 3.63) is 78.4 Å². The van der Waals surface area contributed by atoms with Crippen LogP contribution in [0.15, 0.2) is 77.7 Å². The number of para-hydroxylation sites is 2. The SMILES string of the molecule is CCOc1ccccc1NC(=O)C(C)Sc1cccc(NC(=O)c2cccc(OC)c2)c1. The van der Waals surface area contributed by atoms with E-state index in [2.05, 4.69) is 10.6 Å². The first-order chi connectivity index (χ1) is 15.5. The number of hydrogen-bond acceptors (Lipinski definition) is 5. The van der Waals surface area contributed by atoms with E-state index in [1.165, 1.54) is 11.8 Å². The molecule has 0 aliphatic heterocycles. The summed E-state index contributed by atoms with van der Waals surface area (Å²) in [5.41, 5.74) is 1.80. The van der Waals surface area contributed by atoms with E-state index < -0.39 is 0 Å². The van der Waals surface area contributed by atoms with Gasteiger partial charge in [-0.1, -0.05) is 24.3 Å². The number of thioether (sulfide) groups is 1. The molecule has 0 aliphatic rings. The van der Waals surface area contributed by atoms with E-state index in [0.717, 1.165) is 4.90 Å². The van der Waals surface area contributed by atoms with Crippen molar-refractivity contribution in [1.82, 2.24) is 0 Å². The predicted octanol–water partition coefficient (Wildman–Crippen LogP) is 5.47. The van der Waals surface area contributed by atoms with E-state index >= 15 is 0 Å². The molecule has 166 valence electrons. The molecule has 2 amide bonds. The van der Waals surface area contributed by atoms with Crippen LogP contribution in [0.4, 0.5) is 11.4 Å². The third-order valence-corrected chi connectivity index (χ3v) is 5.64. The molecule has 1 unspecified atom stereocenters. The Morgan fingerprint density at radius 1 is 0.969 bits per heavy atom. The molecule has 3 aromatic rings. The summed E-state index contributed by atoms with van der Waals surface area (Å²) in [5.74, 6) is 0.896. The third-order valence-electron chi connectivity index (χ3n) is 4.55. The van der Waals surface area contributed by atoms with E-state index in [9.17, 15) is 9.59 Å². The van der Waals surface area contributed by atoms with Gasteiger partial charge in [0.25, 0.3) is 5.91 Å². The Balaban J connectivity index is 1.63. The number of nitrogens with one attached hydrogen (secondary N) is 2. The van der Waals surface area contributed by atoms with Gasteiger partial charge in [0.1, 0.15) is 11.5 Å². The smallest absolute Gasteiger partial charge is 0.255 e. The van der Waals surface area contributed by atoms with Crippen LogP contribution >= 0.6 is 11.8 Å². The monoisotopic (exact) mass is 450 g/mol. The van der Waals surface area contributed by atoms with Crippen LogP contribution in [0.3, 0.4) is 0 Å². The zero-order valence-corrected chi connectivity index (χ0v) is 19.1. The average molecular weight is 451 g/mol. The second-order valence-electron chi connectivity index (χ2n) is 6.89. The number of hydrogen-bond donors (Lipinski definition) is 2. The summed E-state index contributed by atoms with van der Waals surface area (Å²) in [7, 11) is 1.56. The predicted molar refractivity (Wildman–Crippen MR) is 129 cm³/mol. The van der Waals surface area contributed by atoms with Crippen molar-refractivity contribution in [2.75, 3.05) is 24.4 Å². The van der Waals surface area contributed by atoms with Crippen molar-refractivity contribution < 1.29 is 19.1 Å². The highest BCUT2D eigenvalue weighted by atomic mass is 32.2. The fourth-order valence-corrected chi connectivity index (χ4v) is 3.88. The van der Waals surface area contributed by atoms with Gasteiger partial charge >= 0.3 is 0 Å². The standard InChI is InChI=1S/C25H26N2O4S/c1-4-31-23-14-6-5-13-22(23)27-24(28)17(2)32-21-12-8-10-19(16-21)26-25(29)18-9-7-11-20(15-18)30-3/h5-17H,4H2,1-3H3,(H,26,29)(H,27,28). The van der Waals surface area contributed by atoms with Gasteiger partial charge in [-0.2, -0.15) is 0 Å². The molecule has 2 N–H and O–H groups in total. The van der Waals surface area contributed by atoms with Gasteiger partial charge in [-0.25, -0.2) is 0 Å². The Hall–Kier alpha value is -3.45. The molecule has 32 heavy (non-hydrogen) atoms. The summed E-state index contributed by atoms with van der Waals surface area (Å²) < 4.78 is 10.7. The lowest BCUT2D eigenvalue weighted by Gasteiger charge is -2.15. The number of ether oxygens (including phenoxy) is 2. The lowest BCUT2D eigenvalue weighted by atomic mass is 10.2. The van der Waals surface area contributed by atoms with Gasteiger partial charge in [-0.15, -0.1) is 11.8 Å². The molecule has 0 fully saturated rings. The van der Waals surface area contributed by atoms with Crippen LogP contribution in [0, 0.1) is 0 Å². The maximum Gasteiger partial charge on any atom is 0.255 e. The maximum absolute atomic E-state index is 12.7. The normalized spacial score (nSPS) is 11.3. The van der Waals surface area contributed by atoms with Crippen LogP contribution in [0.25, 0.3) is 0 Å². The summed E-state index contributed by atoms with van der Waals surface area (Å²) in [6.45, 7) is 4.26. The molecule has 1 atom stereocenters. The van der Waals surface area contributed by atoms with Gasteiger partial charge in [0.15, 0.2) is 0 Å². The summed E-state index contributed by atoms with van der Waals surface area (Å²) in [4.78, 5) is 26.1. The number of anilines is 2. The molecular weight excluding hydrogens is 424 g/mol. The van der Waals surface area contributed by atoms with E-state index in [0.29, 0.717) is 35.0 Å². The Kier molecular flexibility index (Phi) is 8.16. The topological polar surface area (TPSA) is 76.7 Å². The Morgan fingerprint density at radius 2 is 1.75 bits per heavy atom. The molecule has 0 saturated heterocycles. The van der Waals surface area contributed by atoms with Crippen molar-refractivity contribution in [2.45, 2.75) is 24.0 Å². The molecule has 6 nitrogen and oxygen atoms in total. The molecule has 0 saturated carbocycles. The highest BCUT2D eigenvalue weighted by molar-refractivity contribution is 8.00. The minimum atomic E-state index is -0.353. The summed E-state index contributed by atoms with van der Waals surface area (Å²) in [6.07, 6.45) is 0. The number of amides is 2. The Labute approximate surface area is 192 Å². The van der Waals surface area contributed by atoms with Gasteiger partial charge in [0, 0.05) is 16.1 Å². The first-order valence-corrected chi connectivity index (χ1v) is 11.1. The van der Waals surface area contributed by atoms with Gasteiger partial charge < -0.3 is 20.1 Å². The minimum absolute atomic E-state index is 0.132. The molecular formula is C25H26N2O4S. The quantitative estimate of drug-likeness (QED) is 0.423. The van der Waals surface area contributed by atoms with Crippen LogP contribution in [0.2, 0.25) is 0 Å². The van der Waals surface area contributed by atoms with Gasteiger partial charge in [-0.05, 0) is 62.4 Å². The van der Waals surface area contributed by atoms with Crippen molar-refractivity contribution in [1.29, 1.82) is 0 Å². The van der Waals surface area contributed by atoms with Crippen LogP contribution in [0.1, 0.15) is 24.2 Å². The number of rotatable bonds is 9. The maximum atomic E-state index is 12.7. The van der Waals surface area contributed by atoms with E-state index in [4.69, 9.17) is 9.47 Å². The number of carbonyl (C=O) groups is 2. The van der Waals surface area contributed by atoms with Crippen molar-refractivity contribution in [3.63, 3.8) is 0 Å². The Morgan fingerprint density at radius 3 is 2.53 bits per heavy atom. The highest BCUT2D eigenvalue weighted by Crippen LogP contribution is 2.29. The van der Waals surface area contributed by atoms with Gasteiger partial charge in [-0.3, -0.25) is 9.59 Å². The zero-order valence-electron chi connectivity index (χ0n) is 18.3. The fraction of sp³-hybridized carbons (Fsp3) is 0.200. The lowest BCUT2D eigenvalue weighted by Crippen LogP contribution is -2.22. The van der Waals surface area contributed by atoms with Gasteiger partial charge in [0.05, 0.1) is 24.7 Å². The average Bonchev–Trinajstić information content (AvgIpc) is 2.80. The first kappa shape index (κ1) is 23.2. The van der Waals surface area contributed by atoms with E-state index in [1.807, 2.05) is 62.4 Å². The van der Waals surface area contributed by atoms with Crippen LogP contribution in [0.5, 0.6) is 11.5 Å². The molecule has 3 rings (SSSR count). The molecule has 0 aromatic heterocycles. The molecule has 0 aliphatic carbocycles. The second-order valence-corrected chi connectivity index (χ2v) is 8.31. The van der Waals surface area contributed by atoms with E-state index in [-0.39, 0.29) is 17.1 Å². The van der Waals surface area contributed by atoms with Gasteiger partial charge in [0.2, 0.25) is 5.91 Å². The largest absolute Gasteiger partial charge is 0.497 e. The van der Waals surface area contributed by atoms with E-state index in [1.54, 1.807) is 31.4 Å². The summed E-state index contributed by atoms with van der Waals surface area (Å²) in [5, 5.41) is 5.46. The van der Waals surface area contributed by atoms with Crippen LogP contribution in [-0.2, 0) is 4.79 Å². The van der Waals surface area contributed by atoms with Crippen LogP contribution in [-0.4, -0.2) is 30.8 Å². The molecule has 0 radical (unpaired) electrons. The summed E-state index contributed by atoms with van der Waals surface area (Å²) in [6, 6.07) is 21.7. The lowest BCUT2D eigenvalue weighted by molar-refractivity contribution is -0.115. The van der Waals surface area contributed by atoms with Crippen molar-refractivity contribution in [2.24, 2.45) is 0 Å². The molecule has 3 aromatic carbocycles. The molecule has 0 bridgehead atoms. The van der Waals surface area contributed by atoms with Crippen LogP contribution < -0.4 is 20.1 Å². The second kappa shape index (κ2) is 11.2. The molecule has 7 heteroatoms. The van der Waals surface area contributed by atoms with Crippen molar-refractivity contribution >= 4 is 35.0 Å². The molecule has 0 heterocycles. The third kappa shape index (κ3) is 6.28. The number of carbonyl (C=O) groups excluding carboxylic acids is 2. The Bertz CT molecular complexity index is 1090. The number of methoxy groups -OCH3 is 1. The highest BCUT2D eigenvalue weighted by Gasteiger charge is 2.17. The molecule has 0 spiro atoms. The fourth-order valence-electron chi connectivity index (χ4n) is 2.96. The zero-order chi connectivity index (χ0) is 22.9. The summed E-state index contributed by atoms with van der Waals surface area (Å²) >= 11 is 1.41.